The van der Waals surface area contributed by atoms with Crippen molar-refractivity contribution in [3.05, 3.63) is 64.0 Å². The van der Waals surface area contributed by atoms with E-state index in [0.717, 1.165) is 27.7 Å². The molecule has 0 atom stereocenters. The summed E-state index contributed by atoms with van der Waals surface area (Å²) in [5.74, 6) is -2.22. The number of amides is 2. The molecule has 0 fully saturated rings. The first-order valence-corrected chi connectivity index (χ1v) is 11.1. The van der Waals surface area contributed by atoms with E-state index in [9.17, 15) is 19.2 Å². The monoisotopic (exact) mass is 468 g/mol. The lowest BCUT2D eigenvalue weighted by atomic mass is 10.0. The number of thiophene rings is 1. The molecular formula is C24H24N2O6S. The van der Waals surface area contributed by atoms with E-state index in [1.165, 1.54) is 7.05 Å². The Balaban J connectivity index is 1.68. The van der Waals surface area contributed by atoms with Gasteiger partial charge in [-0.25, -0.2) is 4.79 Å². The summed E-state index contributed by atoms with van der Waals surface area (Å²) in [6.07, 6.45) is 0.0155. The van der Waals surface area contributed by atoms with Crippen LogP contribution in [0.2, 0.25) is 0 Å². The fourth-order valence-electron chi connectivity index (χ4n) is 3.34. The van der Waals surface area contributed by atoms with Crippen molar-refractivity contribution < 1.29 is 28.7 Å². The van der Waals surface area contributed by atoms with Gasteiger partial charge in [0, 0.05) is 7.05 Å². The summed E-state index contributed by atoms with van der Waals surface area (Å²) >= 11 is 0.954. The molecule has 172 valence electrons. The summed E-state index contributed by atoms with van der Waals surface area (Å²) < 4.78 is 10.2. The van der Waals surface area contributed by atoms with Crippen molar-refractivity contribution in [2.24, 2.45) is 0 Å². The highest BCUT2D eigenvalue weighted by Gasteiger charge is 2.26. The van der Waals surface area contributed by atoms with Crippen molar-refractivity contribution in [2.75, 3.05) is 25.6 Å². The number of anilines is 1. The lowest BCUT2D eigenvalue weighted by Gasteiger charge is -2.09. The molecule has 1 aromatic heterocycles. The predicted molar refractivity (Wildman–Crippen MR) is 126 cm³/mol. The number of fused-ring (bicyclic) bond motifs is 1. The van der Waals surface area contributed by atoms with E-state index in [1.54, 1.807) is 13.8 Å². The molecule has 0 spiro atoms. The average Bonchev–Trinajstić information content (AvgIpc) is 3.13. The lowest BCUT2D eigenvalue weighted by Crippen LogP contribution is -2.22. The van der Waals surface area contributed by atoms with E-state index in [1.807, 2.05) is 42.5 Å². The van der Waals surface area contributed by atoms with Crippen molar-refractivity contribution in [1.29, 1.82) is 0 Å². The molecule has 0 radical (unpaired) electrons. The molecule has 0 bridgehead atoms. The Morgan fingerprint density at radius 3 is 2.45 bits per heavy atom. The zero-order valence-electron chi connectivity index (χ0n) is 18.5. The fourth-order valence-corrected chi connectivity index (χ4v) is 4.50. The van der Waals surface area contributed by atoms with Gasteiger partial charge in [0.05, 0.1) is 23.5 Å². The Labute approximate surface area is 194 Å². The van der Waals surface area contributed by atoms with E-state index >= 15 is 0 Å². The van der Waals surface area contributed by atoms with Gasteiger partial charge >= 0.3 is 11.9 Å². The summed E-state index contributed by atoms with van der Waals surface area (Å²) in [6, 6.07) is 13.3. The van der Waals surface area contributed by atoms with Gasteiger partial charge in [-0.1, -0.05) is 42.5 Å². The number of esters is 2. The van der Waals surface area contributed by atoms with Gasteiger partial charge in [0.25, 0.3) is 11.8 Å². The number of hydrogen-bond acceptors (Lipinski definition) is 7. The topological polar surface area (TPSA) is 111 Å². The van der Waals surface area contributed by atoms with E-state index < -0.39 is 24.5 Å². The molecule has 3 aromatic rings. The van der Waals surface area contributed by atoms with E-state index in [2.05, 4.69) is 10.6 Å². The number of hydrogen-bond donors (Lipinski definition) is 2. The van der Waals surface area contributed by atoms with Gasteiger partial charge < -0.3 is 20.1 Å². The zero-order chi connectivity index (χ0) is 24.0. The van der Waals surface area contributed by atoms with Crippen LogP contribution in [-0.2, 0) is 25.5 Å². The molecule has 0 aliphatic rings. The van der Waals surface area contributed by atoms with Gasteiger partial charge in [0.2, 0.25) is 0 Å². The number of benzene rings is 2. The first-order chi connectivity index (χ1) is 15.8. The SMILES string of the molecule is CCOC(=O)c1c(NC(=O)COC(=O)Cc2cccc3ccccc23)sc(C(=O)NC)c1C. The molecule has 9 heteroatoms. The van der Waals surface area contributed by atoms with Crippen LogP contribution >= 0.6 is 11.3 Å². The van der Waals surface area contributed by atoms with Gasteiger partial charge in [-0.05, 0) is 35.7 Å². The molecule has 2 N–H and O–H groups in total. The van der Waals surface area contributed by atoms with Crippen molar-refractivity contribution in [3.8, 4) is 0 Å². The maximum absolute atomic E-state index is 12.4. The van der Waals surface area contributed by atoms with Crippen molar-refractivity contribution in [1.82, 2.24) is 5.32 Å². The highest BCUT2D eigenvalue weighted by molar-refractivity contribution is 7.18. The van der Waals surface area contributed by atoms with Crippen LogP contribution < -0.4 is 10.6 Å². The first-order valence-electron chi connectivity index (χ1n) is 10.3. The maximum atomic E-state index is 12.4. The molecule has 8 nitrogen and oxygen atoms in total. The van der Waals surface area contributed by atoms with Crippen LogP contribution in [-0.4, -0.2) is 44.0 Å². The van der Waals surface area contributed by atoms with Gasteiger partial charge in [-0.3, -0.25) is 14.4 Å². The van der Waals surface area contributed by atoms with E-state index in [4.69, 9.17) is 9.47 Å². The van der Waals surface area contributed by atoms with Crippen LogP contribution in [0.3, 0.4) is 0 Å². The van der Waals surface area contributed by atoms with Gasteiger partial charge in [-0.2, -0.15) is 0 Å². The molecule has 2 amide bonds. The molecule has 0 saturated carbocycles. The summed E-state index contributed by atoms with van der Waals surface area (Å²) in [7, 11) is 1.47. The highest BCUT2D eigenvalue weighted by atomic mass is 32.1. The van der Waals surface area contributed by atoms with Crippen LogP contribution in [0.1, 0.15) is 38.1 Å². The third-order valence-electron chi connectivity index (χ3n) is 4.89. The van der Waals surface area contributed by atoms with Crippen LogP contribution in [0.15, 0.2) is 42.5 Å². The second-order valence-corrected chi connectivity index (χ2v) is 8.10. The standard InChI is InChI=1S/C24H24N2O6S/c1-4-31-24(30)20-14(2)21(22(29)25-3)33-23(20)26-18(27)13-32-19(28)12-16-10-7-9-15-8-5-6-11-17(15)16/h5-11H,4,12-13H2,1-3H3,(H,25,29)(H,26,27). The van der Waals surface area contributed by atoms with E-state index in [0.29, 0.717) is 5.56 Å². The minimum Gasteiger partial charge on any atom is -0.462 e. The Kier molecular flexibility index (Phi) is 7.78. The number of carbonyl (C=O) groups is 4. The Morgan fingerprint density at radius 2 is 1.73 bits per heavy atom. The highest BCUT2D eigenvalue weighted by Crippen LogP contribution is 2.33. The molecule has 0 aliphatic carbocycles. The molecule has 1 heterocycles. The van der Waals surface area contributed by atoms with E-state index in [-0.39, 0.29) is 34.4 Å². The van der Waals surface area contributed by atoms with Gasteiger partial charge in [0.15, 0.2) is 6.61 Å². The first kappa shape index (κ1) is 23.9. The molecule has 0 aliphatic heterocycles. The second kappa shape index (κ2) is 10.7. The minimum atomic E-state index is -0.648. The zero-order valence-corrected chi connectivity index (χ0v) is 19.3. The quantitative estimate of drug-likeness (QED) is 0.490. The van der Waals surface area contributed by atoms with Crippen molar-refractivity contribution in [2.45, 2.75) is 20.3 Å². The Morgan fingerprint density at radius 1 is 1.00 bits per heavy atom. The molecule has 2 aromatic carbocycles. The van der Waals surface area contributed by atoms with Gasteiger partial charge in [0.1, 0.15) is 5.00 Å². The second-order valence-electron chi connectivity index (χ2n) is 7.08. The summed E-state index contributed by atoms with van der Waals surface area (Å²) in [5, 5.41) is 7.17. The summed E-state index contributed by atoms with van der Waals surface area (Å²) in [5.41, 5.74) is 1.31. The normalized spacial score (nSPS) is 10.5. The lowest BCUT2D eigenvalue weighted by molar-refractivity contribution is -0.146. The third kappa shape index (κ3) is 5.56. The largest absolute Gasteiger partial charge is 0.462 e. The third-order valence-corrected chi connectivity index (χ3v) is 6.10. The average molecular weight is 469 g/mol. The van der Waals surface area contributed by atoms with Crippen LogP contribution in [0.25, 0.3) is 10.8 Å². The molecule has 33 heavy (non-hydrogen) atoms. The molecule has 0 unspecified atom stereocenters. The Hall–Kier alpha value is -3.72. The Bertz CT molecular complexity index is 1210. The molecule has 3 rings (SSSR count). The van der Waals surface area contributed by atoms with Crippen molar-refractivity contribution in [3.63, 3.8) is 0 Å². The number of rotatable bonds is 8. The smallest absolute Gasteiger partial charge is 0.341 e. The van der Waals surface area contributed by atoms with Gasteiger partial charge in [-0.15, -0.1) is 11.3 Å². The summed E-state index contributed by atoms with van der Waals surface area (Å²) in [6.45, 7) is 2.88. The predicted octanol–water partition coefficient (Wildman–Crippen LogP) is 3.47. The number of ether oxygens (including phenoxy) is 2. The fraction of sp³-hybridized carbons (Fsp3) is 0.250. The maximum Gasteiger partial charge on any atom is 0.341 e. The van der Waals surface area contributed by atoms with Crippen LogP contribution in [0, 0.1) is 6.92 Å². The molecule has 0 saturated heterocycles. The minimum absolute atomic E-state index is 0.0155. The van der Waals surface area contributed by atoms with Crippen LogP contribution in [0.5, 0.6) is 0 Å². The molecular weight excluding hydrogens is 444 g/mol. The number of carbonyl (C=O) groups excluding carboxylic acids is 4. The summed E-state index contributed by atoms with van der Waals surface area (Å²) in [4.78, 5) is 49.6. The number of nitrogens with one attached hydrogen (secondary N) is 2. The van der Waals surface area contributed by atoms with Crippen molar-refractivity contribution >= 4 is 50.9 Å². The van der Waals surface area contributed by atoms with Crippen LogP contribution in [0.4, 0.5) is 5.00 Å².